The number of nitro benzene ring substituents is 1. The van der Waals surface area contributed by atoms with Crippen LogP contribution >= 0.6 is 11.6 Å². The van der Waals surface area contributed by atoms with Gasteiger partial charge in [-0.2, -0.15) is 10.5 Å². The van der Waals surface area contributed by atoms with Gasteiger partial charge in [0.05, 0.1) is 10.5 Å². The normalized spacial score (nSPS) is 8.79. The minimum atomic E-state index is -0.776. The Bertz CT molecular complexity index is 485. The fraction of sp³-hybridized carbons (Fsp3) is 0. The van der Waals surface area contributed by atoms with Gasteiger partial charge >= 0.3 is 5.69 Å². The van der Waals surface area contributed by atoms with Crippen LogP contribution in [0.2, 0.25) is 5.02 Å². The average molecular weight is 208 g/mol. The highest BCUT2D eigenvalue weighted by atomic mass is 35.5. The van der Waals surface area contributed by atoms with Gasteiger partial charge in [-0.15, -0.1) is 0 Å². The van der Waals surface area contributed by atoms with Crippen LogP contribution in [0.5, 0.6) is 0 Å². The van der Waals surface area contributed by atoms with Crippen molar-refractivity contribution in [3.8, 4) is 12.1 Å². The third-order valence-electron chi connectivity index (χ3n) is 1.54. The van der Waals surface area contributed by atoms with E-state index < -0.39 is 10.6 Å². The second-order valence-corrected chi connectivity index (χ2v) is 2.71. The number of benzene rings is 1. The van der Waals surface area contributed by atoms with Gasteiger partial charge in [0.2, 0.25) is 0 Å². The van der Waals surface area contributed by atoms with Crippen LogP contribution in [-0.2, 0) is 0 Å². The summed E-state index contributed by atoms with van der Waals surface area (Å²) in [4.78, 5) is 9.75. The van der Waals surface area contributed by atoms with E-state index in [9.17, 15) is 10.1 Å². The van der Waals surface area contributed by atoms with Gasteiger partial charge in [-0.05, 0) is 12.1 Å². The van der Waals surface area contributed by atoms with Crippen molar-refractivity contribution in [1.29, 1.82) is 10.5 Å². The maximum Gasteiger partial charge on any atom is 0.306 e. The Balaban J connectivity index is 3.64. The summed E-state index contributed by atoms with van der Waals surface area (Å²) >= 11 is 5.53. The van der Waals surface area contributed by atoms with Crippen LogP contribution in [0.1, 0.15) is 11.1 Å². The highest BCUT2D eigenvalue weighted by molar-refractivity contribution is 6.32. The van der Waals surface area contributed by atoms with Gasteiger partial charge in [0.15, 0.2) is 0 Å². The molecule has 1 rings (SSSR count). The van der Waals surface area contributed by atoms with Crippen LogP contribution in [0.3, 0.4) is 0 Å². The van der Waals surface area contributed by atoms with Gasteiger partial charge in [-0.3, -0.25) is 10.1 Å². The lowest BCUT2D eigenvalue weighted by Crippen LogP contribution is -1.96. The van der Waals surface area contributed by atoms with Crippen molar-refractivity contribution in [2.45, 2.75) is 0 Å². The maximum atomic E-state index is 10.5. The predicted octanol–water partition coefficient (Wildman–Crippen LogP) is 1.99. The molecule has 0 radical (unpaired) electrons. The minimum Gasteiger partial charge on any atom is -0.258 e. The highest BCUT2D eigenvalue weighted by Crippen LogP contribution is 2.29. The molecule has 1 aromatic rings. The van der Waals surface area contributed by atoms with Crippen LogP contribution in [0, 0.1) is 32.8 Å². The van der Waals surface area contributed by atoms with Crippen molar-refractivity contribution < 1.29 is 4.92 Å². The monoisotopic (exact) mass is 207 g/mol. The van der Waals surface area contributed by atoms with Crippen molar-refractivity contribution in [1.82, 2.24) is 0 Å². The summed E-state index contributed by atoms with van der Waals surface area (Å²) in [7, 11) is 0. The Hall–Kier alpha value is -2.11. The van der Waals surface area contributed by atoms with Crippen LogP contribution in [0.15, 0.2) is 12.1 Å². The van der Waals surface area contributed by atoms with Crippen LogP contribution in [-0.4, -0.2) is 4.92 Å². The maximum absolute atomic E-state index is 10.5. The summed E-state index contributed by atoms with van der Waals surface area (Å²) in [5.41, 5.74) is -0.873. The molecule has 0 atom stereocenters. The first-order valence-electron chi connectivity index (χ1n) is 3.39. The molecule has 0 saturated carbocycles. The number of nitriles is 2. The molecule has 0 spiro atoms. The summed E-state index contributed by atoms with van der Waals surface area (Å²) in [6.45, 7) is 0. The zero-order valence-corrected chi connectivity index (χ0v) is 7.45. The van der Waals surface area contributed by atoms with E-state index in [1.54, 1.807) is 12.1 Å². The summed E-state index contributed by atoms with van der Waals surface area (Å²) < 4.78 is 0. The molecule has 0 N–H and O–H groups in total. The van der Waals surface area contributed by atoms with Gasteiger partial charge in [-0.1, -0.05) is 11.6 Å². The van der Waals surface area contributed by atoms with E-state index in [0.29, 0.717) is 0 Å². The van der Waals surface area contributed by atoms with Crippen molar-refractivity contribution >= 4 is 17.3 Å². The molecule has 6 heteroatoms. The summed E-state index contributed by atoms with van der Waals surface area (Å²) in [5.74, 6) is 0. The fourth-order valence-corrected chi connectivity index (χ4v) is 1.18. The van der Waals surface area contributed by atoms with E-state index in [0.717, 1.165) is 0 Å². The Morgan fingerprint density at radius 2 is 2.00 bits per heavy atom. The van der Waals surface area contributed by atoms with Gasteiger partial charge < -0.3 is 0 Å². The van der Waals surface area contributed by atoms with Gasteiger partial charge in [0, 0.05) is 0 Å². The lowest BCUT2D eigenvalue weighted by molar-refractivity contribution is -0.385. The van der Waals surface area contributed by atoms with Crippen molar-refractivity contribution in [2.75, 3.05) is 0 Å². The molecule has 0 bridgehead atoms. The van der Waals surface area contributed by atoms with Gasteiger partial charge in [-0.25, -0.2) is 0 Å². The zero-order valence-electron chi connectivity index (χ0n) is 6.69. The quantitative estimate of drug-likeness (QED) is 0.520. The molecule has 0 heterocycles. The molecule has 0 saturated heterocycles. The molecule has 0 aliphatic carbocycles. The van der Waals surface area contributed by atoms with Crippen LogP contribution < -0.4 is 0 Å². The smallest absolute Gasteiger partial charge is 0.258 e. The Kier molecular flexibility index (Phi) is 2.66. The molecule has 0 amide bonds. The SMILES string of the molecule is N#Cc1ccc(Cl)c([N+](=O)[O-])c1C#N. The number of rotatable bonds is 1. The van der Waals surface area contributed by atoms with E-state index in [1.165, 1.54) is 12.1 Å². The Morgan fingerprint density at radius 1 is 1.36 bits per heavy atom. The number of halogens is 1. The molecule has 1 aromatic carbocycles. The largest absolute Gasteiger partial charge is 0.306 e. The van der Waals surface area contributed by atoms with E-state index in [4.69, 9.17) is 22.1 Å². The molecule has 14 heavy (non-hydrogen) atoms. The average Bonchev–Trinajstić information content (AvgIpc) is 2.16. The second-order valence-electron chi connectivity index (χ2n) is 2.30. The third kappa shape index (κ3) is 1.49. The van der Waals surface area contributed by atoms with Crippen molar-refractivity contribution in [2.24, 2.45) is 0 Å². The van der Waals surface area contributed by atoms with Crippen molar-refractivity contribution in [3.05, 3.63) is 38.4 Å². The standard InChI is InChI=1S/C8H2ClN3O2/c9-7-2-1-5(3-10)6(4-11)8(7)12(13)14/h1-2H. The van der Waals surface area contributed by atoms with Gasteiger partial charge in [0.1, 0.15) is 22.7 Å². The van der Waals surface area contributed by atoms with E-state index in [1.807, 2.05) is 0 Å². The molecule has 0 fully saturated rings. The summed E-state index contributed by atoms with van der Waals surface area (Å²) in [5, 5.41) is 27.6. The Morgan fingerprint density at radius 3 is 2.43 bits per heavy atom. The minimum absolute atomic E-state index is 0.0522. The van der Waals surface area contributed by atoms with Crippen LogP contribution in [0.4, 0.5) is 5.69 Å². The second kappa shape index (κ2) is 3.73. The third-order valence-corrected chi connectivity index (χ3v) is 1.85. The molecular formula is C8H2ClN3O2. The lowest BCUT2D eigenvalue weighted by atomic mass is 10.1. The Labute approximate surface area is 83.9 Å². The zero-order chi connectivity index (χ0) is 10.7. The number of hydrogen-bond acceptors (Lipinski definition) is 4. The lowest BCUT2D eigenvalue weighted by Gasteiger charge is -1.98. The van der Waals surface area contributed by atoms with Gasteiger partial charge in [0.25, 0.3) is 0 Å². The molecule has 0 aliphatic rings. The number of hydrogen-bond donors (Lipinski definition) is 0. The number of nitrogens with zero attached hydrogens (tertiary/aromatic N) is 3. The first-order valence-corrected chi connectivity index (χ1v) is 3.76. The van der Waals surface area contributed by atoms with E-state index in [2.05, 4.69) is 0 Å². The topological polar surface area (TPSA) is 90.7 Å². The van der Waals surface area contributed by atoms with E-state index in [-0.39, 0.29) is 16.1 Å². The molecule has 5 nitrogen and oxygen atoms in total. The summed E-state index contributed by atoms with van der Waals surface area (Å²) in [6.07, 6.45) is 0. The highest BCUT2D eigenvalue weighted by Gasteiger charge is 2.21. The molecule has 0 unspecified atom stereocenters. The first-order chi connectivity index (χ1) is 6.61. The van der Waals surface area contributed by atoms with E-state index >= 15 is 0 Å². The van der Waals surface area contributed by atoms with Crippen LogP contribution in [0.25, 0.3) is 0 Å². The fourth-order valence-electron chi connectivity index (χ4n) is 0.951. The first kappa shape index (κ1) is 9.97. The molecular weight excluding hydrogens is 206 g/mol. The summed E-state index contributed by atoms with van der Waals surface area (Å²) in [6, 6.07) is 5.77. The predicted molar refractivity (Wildman–Crippen MR) is 47.5 cm³/mol. The molecule has 0 aliphatic heterocycles. The number of nitro groups is 1. The molecule has 0 aromatic heterocycles. The van der Waals surface area contributed by atoms with Crippen molar-refractivity contribution in [3.63, 3.8) is 0 Å². The molecule has 68 valence electrons.